The molecule has 25 heavy (non-hydrogen) atoms. The first-order valence-corrected chi connectivity index (χ1v) is 8.57. The minimum absolute atomic E-state index is 0.122. The van der Waals surface area contributed by atoms with Crippen molar-refractivity contribution in [2.45, 2.75) is 20.2 Å². The van der Waals surface area contributed by atoms with Crippen LogP contribution < -0.4 is 10.1 Å². The van der Waals surface area contributed by atoms with Crippen molar-refractivity contribution in [3.63, 3.8) is 0 Å². The number of hydrogen-bond acceptors (Lipinski definition) is 4. The van der Waals surface area contributed by atoms with Crippen molar-refractivity contribution in [2.75, 3.05) is 5.32 Å². The summed E-state index contributed by atoms with van der Waals surface area (Å²) < 4.78 is 9.60. The van der Waals surface area contributed by atoms with Crippen LogP contribution in [0.4, 0.5) is 5.69 Å². The van der Waals surface area contributed by atoms with Gasteiger partial charge in [0, 0.05) is 11.2 Å². The fourth-order valence-corrected chi connectivity index (χ4v) is 2.61. The summed E-state index contributed by atoms with van der Waals surface area (Å²) in [6.45, 7) is 2.20. The van der Waals surface area contributed by atoms with Gasteiger partial charge in [-0.25, -0.2) is 4.68 Å². The molecular weight excluding hydrogens is 410 g/mol. The first-order valence-electron chi connectivity index (χ1n) is 7.40. The molecule has 9 heteroatoms. The Hall–Kier alpha value is -2.32. The quantitative estimate of drug-likeness (QED) is 0.657. The average Bonchev–Trinajstić information content (AvgIpc) is 3.12. The number of rotatable bonds is 6. The molecule has 3 rings (SSSR count). The Morgan fingerprint density at radius 2 is 2.20 bits per heavy atom. The predicted octanol–water partition coefficient (Wildman–Crippen LogP) is 3.48. The summed E-state index contributed by atoms with van der Waals surface area (Å²) in [5.74, 6) is 0.457. The summed E-state index contributed by atoms with van der Waals surface area (Å²) in [7, 11) is 0. The number of amides is 1. The van der Waals surface area contributed by atoms with Gasteiger partial charge < -0.3 is 10.1 Å². The number of carbonyl (C=O) groups excluding carboxylic acids is 1. The molecule has 0 saturated heterocycles. The van der Waals surface area contributed by atoms with Crippen LogP contribution in [0.3, 0.4) is 0 Å². The molecule has 0 bridgehead atoms. The van der Waals surface area contributed by atoms with Crippen LogP contribution in [-0.4, -0.2) is 25.5 Å². The summed E-state index contributed by atoms with van der Waals surface area (Å²) in [6.07, 6.45) is 5.01. The molecule has 0 saturated carbocycles. The van der Waals surface area contributed by atoms with E-state index in [2.05, 4.69) is 31.4 Å². The van der Waals surface area contributed by atoms with E-state index in [1.54, 1.807) is 40.1 Å². The maximum absolute atomic E-state index is 12.1. The van der Waals surface area contributed by atoms with Crippen LogP contribution in [-0.2, 0) is 18.1 Å². The number of carbonyl (C=O) groups is 1. The molecule has 0 radical (unpaired) electrons. The normalized spacial score (nSPS) is 10.7. The van der Waals surface area contributed by atoms with Crippen molar-refractivity contribution in [1.29, 1.82) is 0 Å². The Kier molecular flexibility index (Phi) is 5.40. The summed E-state index contributed by atoms with van der Waals surface area (Å²) in [6, 6.07) is 7.11. The maximum Gasteiger partial charge on any atom is 0.246 e. The zero-order valence-corrected chi connectivity index (χ0v) is 15.7. The Morgan fingerprint density at radius 3 is 2.92 bits per heavy atom. The van der Waals surface area contributed by atoms with Crippen LogP contribution >= 0.6 is 27.5 Å². The van der Waals surface area contributed by atoms with E-state index in [4.69, 9.17) is 16.3 Å². The Morgan fingerprint density at radius 1 is 1.36 bits per heavy atom. The molecule has 1 aromatic carbocycles. The topological polar surface area (TPSA) is 74.0 Å². The third kappa shape index (κ3) is 4.83. The molecule has 1 amide bonds. The highest BCUT2D eigenvalue weighted by molar-refractivity contribution is 9.10. The highest BCUT2D eigenvalue weighted by Crippen LogP contribution is 2.17. The average molecular weight is 425 g/mol. The van der Waals surface area contributed by atoms with Gasteiger partial charge >= 0.3 is 0 Å². The SMILES string of the molecule is Cc1nn(CC(=O)Nc2cnn(COc3cccc(Cl)c3)c2)cc1Br. The molecule has 2 heterocycles. The number of hydrogen-bond donors (Lipinski definition) is 1. The van der Waals surface area contributed by atoms with Gasteiger partial charge in [-0.15, -0.1) is 0 Å². The highest BCUT2D eigenvalue weighted by atomic mass is 79.9. The fraction of sp³-hybridized carbons (Fsp3) is 0.188. The van der Waals surface area contributed by atoms with Crippen LogP contribution in [0.2, 0.25) is 5.02 Å². The molecule has 0 unspecified atom stereocenters. The van der Waals surface area contributed by atoms with Crippen molar-refractivity contribution in [3.05, 3.63) is 58.0 Å². The molecule has 0 atom stereocenters. The number of benzene rings is 1. The summed E-state index contributed by atoms with van der Waals surface area (Å²) in [5, 5.41) is 11.7. The minimum atomic E-state index is -0.190. The Labute approximate surface area is 157 Å². The van der Waals surface area contributed by atoms with Crippen LogP contribution in [0.15, 0.2) is 47.3 Å². The van der Waals surface area contributed by atoms with E-state index in [-0.39, 0.29) is 19.2 Å². The monoisotopic (exact) mass is 423 g/mol. The number of halogens is 2. The predicted molar refractivity (Wildman–Crippen MR) is 97.6 cm³/mol. The molecule has 0 fully saturated rings. The third-order valence-corrected chi connectivity index (χ3v) is 4.28. The lowest BCUT2D eigenvalue weighted by Crippen LogP contribution is -2.18. The van der Waals surface area contributed by atoms with Gasteiger partial charge in [-0.3, -0.25) is 9.48 Å². The molecule has 0 spiro atoms. The van der Waals surface area contributed by atoms with Crippen LogP contribution in [0.1, 0.15) is 5.69 Å². The summed E-state index contributed by atoms with van der Waals surface area (Å²) in [4.78, 5) is 12.1. The lowest BCUT2D eigenvalue weighted by atomic mass is 10.3. The fourth-order valence-electron chi connectivity index (χ4n) is 2.12. The van der Waals surface area contributed by atoms with Crippen LogP contribution in [0.25, 0.3) is 0 Å². The van der Waals surface area contributed by atoms with Crippen LogP contribution in [0.5, 0.6) is 5.75 Å². The Balaban J connectivity index is 1.53. The molecule has 0 aliphatic heterocycles. The van der Waals surface area contributed by atoms with E-state index in [9.17, 15) is 4.79 Å². The van der Waals surface area contributed by atoms with Gasteiger partial charge in [0.25, 0.3) is 0 Å². The smallest absolute Gasteiger partial charge is 0.246 e. The lowest BCUT2D eigenvalue weighted by molar-refractivity contribution is -0.116. The number of anilines is 1. The van der Waals surface area contributed by atoms with Gasteiger partial charge in [0.1, 0.15) is 12.3 Å². The first kappa shape index (κ1) is 17.5. The van der Waals surface area contributed by atoms with Crippen molar-refractivity contribution in [1.82, 2.24) is 19.6 Å². The zero-order valence-electron chi connectivity index (χ0n) is 13.3. The van der Waals surface area contributed by atoms with Crippen molar-refractivity contribution >= 4 is 39.1 Å². The maximum atomic E-state index is 12.1. The highest BCUT2D eigenvalue weighted by Gasteiger charge is 2.08. The van der Waals surface area contributed by atoms with E-state index in [1.165, 1.54) is 0 Å². The van der Waals surface area contributed by atoms with E-state index in [0.717, 1.165) is 10.2 Å². The standard InChI is InChI=1S/C16H15BrClN5O2/c1-11-15(17)8-22(21-11)9-16(24)20-13-6-19-23(7-13)10-25-14-4-2-3-12(18)5-14/h2-8H,9-10H2,1H3,(H,20,24). The molecule has 130 valence electrons. The van der Waals surface area contributed by atoms with Gasteiger partial charge in [0.05, 0.1) is 28.2 Å². The second kappa shape index (κ2) is 7.71. The van der Waals surface area contributed by atoms with Gasteiger partial charge in [-0.2, -0.15) is 10.2 Å². The van der Waals surface area contributed by atoms with Gasteiger partial charge in [0.2, 0.25) is 5.91 Å². The Bertz CT molecular complexity index is 873. The van der Waals surface area contributed by atoms with Crippen molar-refractivity contribution < 1.29 is 9.53 Å². The van der Waals surface area contributed by atoms with Crippen LogP contribution in [0, 0.1) is 6.92 Å². The third-order valence-electron chi connectivity index (χ3n) is 3.27. The number of aromatic nitrogens is 4. The van der Waals surface area contributed by atoms with E-state index >= 15 is 0 Å². The zero-order chi connectivity index (χ0) is 17.8. The van der Waals surface area contributed by atoms with Gasteiger partial charge in [-0.1, -0.05) is 17.7 Å². The molecule has 0 aliphatic carbocycles. The minimum Gasteiger partial charge on any atom is -0.471 e. The molecule has 0 aliphatic rings. The summed E-state index contributed by atoms with van der Waals surface area (Å²) >= 11 is 9.27. The van der Waals surface area contributed by atoms with Gasteiger partial charge in [0.15, 0.2) is 6.73 Å². The summed E-state index contributed by atoms with van der Waals surface area (Å²) in [5.41, 5.74) is 1.42. The van der Waals surface area contributed by atoms with Gasteiger partial charge in [-0.05, 0) is 41.1 Å². The number of ether oxygens (including phenoxy) is 1. The molecular formula is C16H15BrClN5O2. The second-order valence-electron chi connectivity index (χ2n) is 5.31. The molecule has 2 aromatic heterocycles. The molecule has 7 nitrogen and oxygen atoms in total. The number of nitrogens with zero attached hydrogens (tertiary/aromatic N) is 4. The van der Waals surface area contributed by atoms with Crippen molar-refractivity contribution in [2.24, 2.45) is 0 Å². The molecule has 3 aromatic rings. The van der Waals surface area contributed by atoms with Crippen molar-refractivity contribution in [3.8, 4) is 5.75 Å². The van der Waals surface area contributed by atoms with E-state index in [1.807, 2.05) is 19.1 Å². The van der Waals surface area contributed by atoms with E-state index < -0.39 is 0 Å². The first-order chi connectivity index (χ1) is 12.0. The van der Waals surface area contributed by atoms with E-state index in [0.29, 0.717) is 16.5 Å². The number of aryl methyl sites for hydroxylation is 1. The number of nitrogens with one attached hydrogen (secondary N) is 1. The molecule has 1 N–H and O–H groups in total. The second-order valence-corrected chi connectivity index (χ2v) is 6.60. The lowest BCUT2D eigenvalue weighted by Gasteiger charge is -2.06. The largest absolute Gasteiger partial charge is 0.471 e.